The highest BCUT2D eigenvalue weighted by Crippen LogP contribution is 2.42. The van der Waals surface area contributed by atoms with Crippen molar-refractivity contribution in [3.05, 3.63) is 0 Å². The lowest BCUT2D eigenvalue weighted by molar-refractivity contribution is -0.114. The molecule has 1 amide bonds. The van der Waals surface area contributed by atoms with Gasteiger partial charge in [-0.15, -0.1) is 0 Å². The van der Waals surface area contributed by atoms with E-state index in [4.69, 9.17) is 9.47 Å². The number of hydrogen-bond acceptors (Lipinski definition) is 4. The second-order valence-corrected chi connectivity index (χ2v) is 7.51. The van der Waals surface area contributed by atoms with Crippen LogP contribution in [0.2, 0.25) is 0 Å². The smallest absolute Gasteiger partial charge is 0.407 e. The molecule has 1 aliphatic rings. The molecule has 3 atom stereocenters. The predicted octanol–water partition coefficient (Wildman–Crippen LogP) is 2.69. The molecule has 2 N–H and O–H groups in total. The Morgan fingerprint density at radius 2 is 2.00 bits per heavy atom. The number of nitrogens with one attached hydrogen (secondary N) is 2. The van der Waals surface area contributed by atoms with Crippen molar-refractivity contribution in [3.63, 3.8) is 0 Å². The Morgan fingerprint density at radius 1 is 1.38 bits per heavy atom. The van der Waals surface area contributed by atoms with E-state index in [0.29, 0.717) is 12.1 Å². The molecule has 1 saturated carbocycles. The van der Waals surface area contributed by atoms with Crippen LogP contribution in [-0.4, -0.2) is 43.0 Å². The molecule has 1 rings (SSSR count). The third-order valence-electron chi connectivity index (χ3n) is 3.98. The minimum Gasteiger partial charge on any atom is -0.444 e. The number of ether oxygens (including phenoxy) is 2. The van der Waals surface area contributed by atoms with Crippen LogP contribution < -0.4 is 10.6 Å². The molecule has 0 aliphatic heterocycles. The quantitative estimate of drug-likeness (QED) is 0.792. The summed E-state index contributed by atoms with van der Waals surface area (Å²) in [6.45, 7) is 15.5. The zero-order chi connectivity index (χ0) is 16.3. The van der Waals surface area contributed by atoms with E-state index in [2.05, 4.69) is 24.5 Å². The van der Waals surface area contributed by atoms with Gasteiger partial charge in [-0.05, 0) is 41.0 Å². The van der Waals surface area contributed by atoms with Crippen molar-refractivity contribution in [1.29, 1.82) is 0 Å². The first-order chi connectivity index (χ1) is 9.56. The van der Waals surface area contributed by atoms with Crippen LogP contribution in [0, 0.1) is 5.41 Å². The lowest BCUT2D eigenvalue weighted by Crippen LogP contribution is -2.62. The monoisotopic (exact) mass is 300 g/mol. The maximum Gasteiger partial charge on any atom is 0.407 e. The molecule has 0 radical (unpaired) electrons. The van der Waals surface area contributed by atoms with Crippen LogP contribution in [-0.2, 0) is 9.47 Å². The first-order valence-electron chi connectivity index (χ1n) is 7.90. The maximum atomic E-state index is 11.7. The first kappa shape index (κ1) is 18.2. The summed E-state index contributed by atoms with van der Waals surface area (Å²) in [6, 6.07) is 0.457. The van der Waals surface area contributed by atoms with Gasteiger partial charge in [-0.2, -0.15) is 0 Å². The summed E-state index contributed by atoms with van der Waals surface area (Å²) in [7, 11) is 0. The summed E-state index contributed by atoms with van der Waals surface area (Å²) in [5, 5.41) is 6.36. The predicted molar refractivity (Wildman–Crippen MR) is 84.4 cm³/mol. The molecule has 5 heteroatoms. The number of hydrogen-bond donors (Lipinski definition) is 2. The summed E-state index contributed by atoms with van der Waals surface area (Å²) in [4.78, 5) is 11.7. The summed E-state index contributed by atoms with van der Waals surface area (Å²) in [6.07, 6.45) is 0.992. The van der Waals surface area contributed by atoms with E-state index in [1.807, 2.05) is 34.6 Å². The molecule has 1 aliphatic carbocycles. The van der Waals surface area contributed by atoms with Gasteiger partial charge in [0, 0.05) is 30.7 Å². The minimum absolute atomic E-state index is 0.0294. The zero-order valence-electron chi connectivity index (χ0n) is 14.6. The highest BCUT2D eigenvalue weighted by molar-refractivity contribution is 5.68. The van der Waals surface area contributed by atoms with Crippen molar-refractivity contribution in [2.45, 2.75) is 78.7 Å². The third kappa shape index (κ3) is 5.47. The first-order valence-corrected chi connectivity index (χ1v) is 7.90. The van der Waals surface area contributed by atoms with E-state index in [0.717, 1.165) is 19.6 Å². The number of carbonyl (C=O) groups excluding carboxylic acids is 1. The van der Waals surface area contributed by atoms with E-state index in [1.54, 1.807) is 0 Å². The van der Waals surface area contributed by atoms with Gasteiger partial charge in [0.1, 0.15) is 5.60 Å². The molecule has 124 valence electrons. The van der Waals surface area contributed by atoms with Gasteiger partial charge in [0.05, 0.1) is 6.10 Å². The molecule has 1 fully saturated rings. The Morgan fingerprint density at radius 3 is 2.48 bits per heavy atom. The van der Waals surface area contributed by atoms with E-state index in [1.165, 1.54) is 0 Å². The van der Waals surface area contributed by atoms with Gasteiger partial charge in [-0.1, -0.05) is 13.8 Å². The Bertz CT molecular complexity index is 350. The van der Waals surface area contributed by atoms with Crippen molar-refractivity contribution in [3.8, 4) is 0 Å². The summed E-state index contributed by atoms with van der Waals surface area (Å²) < 4.78 is 11.0. The zero-order valence-corrected chi connectivity index (χ0v) is 14.6. The molecule has 5 nitrogen and oxygen atoms in total. The van der Waals surface area contributed by atoms with Crippen molar-refractivity contribution < 1.29 is 14.3 Å². The van der Waals surface area contributed by atoms with Crippen molar-refractivity contribution in [1.82, 2.24) is 10.6 Å². The average molecular weight is 300 g/mol. The van der Waals surface area contributed by atoms with E-state index < -0.39 is 5.60 Å². The molecule has 0 spiro atoms. The minimum atomic E-state index is -0.460. The van der Waals surface area contributed by atoms with Gasteiger partial charge in [0.2, 0.25) is 0 Å². The fourth-order valence-corrected chi connectivity index (χ4v) is 2.59. The van der Waals surface area contributed by atoms with E-state index in [9.17, 15) is 4.79 Å². The van der Waals surface area contributed by atoms with E-state index in [-0.39, 0.29) is 17.6 Å². The van der Waals surface area contributed by atoms with Crippen LogP contribution in [0.3, 0.4) is 0 Å². The van der Waals surface area contributed by atoms with Gasteiger partial charge >= 0.3 is 6.09 Å². The standard InChI is InChI=1S/C16H32N2O3/c1-8-20-13-9-12(16(13,6)7)17-10-11(2)18-14(19)21-15(3,4)5/h11-13,17H,8-10H2,1-7H3,(H,18,19). The molecule has 0 aromatic rings. The SMILES string of the molecule is CCOC1CC(NCC(C)NC(=O)OC(C)(C)C)C1(C)C. The summed E-state index contributed by atoms with van der Waals surface area (Å²) in [5.41, 5.74) is -0.320. The van der Waals surface area contributed by atoms with Gasteiger partial charge in [0.15, 0.2) is 0 Å². The maximum absolute atomic E-state index is 11.7. The van der Waals surface area contributed by atoms with Gasteiger partial charge < -0.3 is 20.1 Å². The molecule has 0 aromatic carbocycles. The van der Waals surface area contributed by atoms with Crippen LogP contribution in [0.5, 0.6) is 0 Å². The van der Waals surface area contributed by atoms with Crippen molar-refractivity contribution in [2.24, 2.45) is 5.41 Å². The fourth-order valence-electron chi connectivity index (χ4n) is 2.59. The van der Waals surface area contributed by atoms with Crippen LogP contribution in [0.1, 0.15) is 54.9 Å². The lowest BCUT2D eigenvalue weighted by atomic mass is 9.64. The number of amides is 1. The molecule has 3 unspecified atom stereocenters. The molecular weight excluding hydrogens is 268 g/mol. The molecule has 0 bridgehead atoms. The Balaban J connectivity index is 2.28. The number of alkyl carbamates (subject to hydrolysis) is 1. The molecule has 0 saturated heterocycles. The number of carbonyl (C=O) groups is 1. The van der Waals surface area contributed by atoms with Crippen LogP contribution in [0.4, 0.5) is 4.79 Å². The van der Waals surface area contributed by atoms with Crippen molar-refractivity contribution >= 4 is 6.09 Å². The van der Waals surface area contributed by atoms with Crippen molar-refractivity contribution in [2.75, 3.05) is 13.2 Å². The Hall–Kier alpha value is -0.810. The van der Waals surface area contributed by atoms with Gasteiger partial charge in [-0.25, -0.2) is 4.79 Å². The van der Waals surface area contributed by atoms with E-state index >= 15 is 0 Å². The molecule has 0 heterocycles. The highest BCUT2D eigenvalue weighted by atomic mass is 16.6. The topological polar surface area (TPSA) is 59.6 Å². The normalized spacial score (nSPS) is 25.9. The largest absolute Gasteiger partial charge is 0.444 e. The highest BCUT2D eigenvalue weighted by Gasteiger charge is 2.48. The Kier molecular flexibility index (Phi) is 6.05. The summed E-state index contributed by atoms with van der Waals surface area (Å²) >= 11 is 0. The molecule has 0 aromatic heterocycles. The Labute approximate surface area is 129 Å². The second kappa shape index (κ2) is 6.97. The van der Waals surface area contributed by atoms with Crippen LogP contribution in [0.25, 0.3) is 0 Å². The fraction of sp³-hybridized carbons (Fsp3) is 0.938. The molecular formula is C16H32N2O3. The van der Waals surface area contributed by atoms with Crippen LogP contribution in [0.15, 0.2) is 0 Å². The lowest BCUT2D eigenvalue weighted by Gasteiger charge is -2.52. The average Bonchev–Trinajstić information content (AvgIpc) is 2.30. The summed E-state index contributed by atoms with van der Waals surface area (Å²) in [5.74, 6) is 0. The number of rotatable bonds is 6. The second-order valence-electron chi connectivity index (χ2n) is 7.51. The van der Waals surface area contributed by atoms with Gasteiger partial charge in [0.25, 0.3) is 0 Å². The van der Waals surface area contributed by atoms with Crippen LogP contribution >= 0.6 is 0 Å². The van der Waals surface area contributed by atoms with Gasteiger partial charge in [-0.3, -0.25) is 0 Å². The molecule has 21 heavy (non-hydrogen) atoms. The third-order valence-corrected chi connectivity index (χ3v) is 3.98.